The lowest BCUT2D eigenvalue weighted by Crippen LogP contribution is -2.28. The Morgan fingerprint density at radius 1 is 0.625 bits per heavy atom. The Balaban J connectivity index is 1.97. The average molecular weight is 508 g/mol. The predicted octanol–water partition coefficient (Wildman–Crippen LogP) is 3.79. The van der Waals surface area contributed by atoms with Gasteiger partial charge in [0.25, 0.3) is 0 Å². The van der Waals surface area contributed by atoms with Crippen LogP contribution in [0.2, 0.25) is 0 Å². The molecule has 32 heavy (non-hydrogen) atoms. The maximum absolute atomic E-state index is 12.3. The van der Waals surface area contributed by atoms with E-state index in [9.17, 15) is 48.0 Å². The molecule has 0 aliphatic carbocycles. The molecule has 0 aliphatic heterocycles. The van der Waals surface area contributed by atoms with E-state index >= 15 is 0 Å². The number of nitrogens with one attached hydrogen (secondary N) is 2. The van der Waals surface area contributed by atoms with Gasteiger partial charge in [-0.3, -0.25) is 0 Å². The van der Waals surface area contributed by atoms with Crippen LogP contribution < -0.4 is 19.0 Å². The summed E-state index contributed by atoms with van der Waals surface area (Å²) in [6.45, 7) is 0. The smallest absolute Gasteiger partial charge is 0.376 e. The number of hydrogen-bond acceptors (Lipinski definition) is 7. The number of amides is 2. The summed E-state index contributed by atoms with van der Waals surface area (Å²) in [5, 5.41) is 4.46. The Bertz CT molecular complexity index is 1080. The number of carbonyl (C=O) groups is 1. The fourth-order valence-electron chi connectivity index (χ4n) is 1.83. The van der Waals surface area contributed by atoms with Gasteiger partial charge in [0.2, 0.25) is 0 Å². The van der Waals surface area contributed by atoms with E-state index in [0.717, 1.165) is 48.5 Å². The minimum Gasteiger partial charge on any atom is -0.376 e. The molecule has 0 atom stereocenters. The molecule has 2 rings (SSSR count). The van der Waals surface area contributed by atoms with Crippen LogP contribution in [0.4, 0.5) is 42.5 Å². The van der Waals surface area contributed by atoms with Gasteiger partial charge in [-0.25, -0.2) is 4.79 Å². The second-order valence-electron chi connectivity index (χ2n) is 5.59. The lowest BCUT2D eigenvalue weighted by molar-refractivity contribution is -0.0504. The molecule has 0 aromatic heterocycles. The van der Waals surface area contributed by atoms with Crippen LogP contribution in [-0.4, -0.2) is 33.9 Å². The highest BCUT2D eigenvalue weighted by atomic mass is 32.2. The third-order valence-electron chi connectivity index (χ3n) is 3.20. The lowest BCUT2D eigenvalue weighted by Gasteiger charge is -2.11. The maximum Gasteiger partial charge on any atom is 0.534 e. The first-order chi connectivity index (χ1) is 14.5. The van der Waals surface area contributed by atoms with Gasteiger partial charge in [-0.1, -0.05) is 0 Å². The standard InChI is InChI=1S/C15H10F6N2O7S2/c16-14(17,18)31(25,26)29-11-5-1-9(2-6-11)22-13(24)23-10-3-7-12(8-4-10)30-32(27,28)15(19,20)21/h1-8H,(H2,22,23,24). The molecule has 0 bridgehead atoms. The quantitative estimate of drug-likeness (QED) is 0.345. The number of urea groups is 1. The Kier molecular flexibility index (Phi) is 6.84. The van der Waals surface area contributed by atoms with Crippen LogP contribution in [0.3, 0.4) is 0 Å². The van der Waals surface area contributed by atoms with E-state index in [1.54, 1.807) is 0 Å². The molecule has 2 aromatic rings. The first kappa shape index (κ1) is 25.1. The second-order valence-corrected chi connectivity index (χ2v) is 8.67. The van der Waals surface area contributed by atoms with Crippen LogP contribution in [0, 0.1) is 0 Å². The highest BCUT2D eigenvalue weighted by Crippen LogP contribution is 2.28. The fraction of sp³-hybridized carbons (Fsp3) is 0.133. The number of benzene rings is 2. The third-order valence-corrected chi connectivity index (χ3v) is 5.16. The molecule has 0 radical (unpaired) electrons. The first-order valence-corrected chi connectivity index (χ1v) is 10.6. The average Bonchev–Trinajstić information content (AvgIpc) is 2.62. The van der Waals surface area contributed by atoms with E-state index in [-0.39, 0.29) is 11.4 Å². The van der Waals surface area contributed by atoms with Crippen LogP contribution >= 0.6 is 0 Å². The summed E-state index contributed by atoms with van der Waals surface area (Å²) >= 11 is 0. The Morgan fingerprint density at radius 2 is 0.906 bits per heavy atom. The van der Waals surface area contributed by atoms with Crippen molar-refractivity contribution in [3.63, 3.8) is 0 Å². The minimum absolute atomic E-state index is 0.00970. The zero-order valence-corrected chi connectivity index (χ0v) is 16.7. The first-order valence-electron chi connectivity index (χ1n) is 7.80. The SMILES string of the molecule is O=C(Nc1ccc(OS(=O)(=O)C(F)(F)F)cc1)Nc1ccc(OS(=O)(=O)C(F)(F)F)cc1. The summed E-state index contributed by atoms with van der Waals surface area (Å²) in [7, 11) is -11.7. The minimum atomic E-state index is -5.86. The predicted molar refractivity (Wildman–Crippen MR) is 96.7 cm³/mol. The number of carbonyl (C=O) groups excluding carboxylic acids is 1. The molecule has 0 spiro atoms. The van der Waals surface area contributed by atoms with Crippen molar-refractivity contribution in [1.29, 1.82) is 0 Å². The van der Waals surface area contributed by atoms with Gasteiger partial charge in [0, 0.05) is 11.4 Å². The Labute approximate surface area is 176 Å². The normalized spacial score (nSPS) is 12.7. The van der Waals surface area contributed by atoms with Crippen molar-refractivity contribution >= 4 is 37.6 Å². The molecule has 0 saturated carbocycles. The van der Waals surface area contributed by atoms with Gasteiger partial charge in [-0.15, -0.1) is 0 Å². The third kappa shape index (κ3) is 6.39. The maximum atomic E-state index is 12.3. The molecule has 0 aliphatic rings. The van der Waals surface area contributed by atoms with Gasteiger partial charge in [0.15, 0.2) is 0 Å². The van der Waals surface area contributed by atoms with Gasteiger partial charge in [0.05, 0.1) is 0 Å². The van der Waals surface area contributed by atoms with E-state index < -0.39 is 48.8 Å². The van der Waals surface area contributed by atoms with E-state index in [2.05, 4.69) is 19.0 Å². The molecule has 9 nitrogen and oxygen atoms in total. The van der Waals surface area contributed by atoms with Gasteiger partial charge < -0.3 is 19.0 Å². The summed E-state index contributed by atoms with van der Waals surface area (Å²) < 4.78 is 125. The van der Waals surface area contributed by atoms with Gasteiger partial charge in [0.1, 0.15) is 11.5 Å². The summed E-state index contributed by atoms with van der Waals surface area (Å²) in [6.07, 6.45) is 0. The number of halogens is 6. The fourth-order valence-corrected chi connectivity index (χ4v) is 2.75. The summed E-state index contributed by atoms with van der Waals surface area (Å²) in [4.78, 5) is 11.9. The summed E-state index contributed by atoms with van der Waals surface area (Å²) in [5.41, 5.74) is -11.2. The molecular weight excluding hydrogens is 498 g/mol. The van der Waals surface area contributed by atoms with Crippen LogP contribution in [0.15, 0.2) is 48.5 Å². The van der Waals surface area contributed by atoms with Crippen LogP contribution in [0.5, 0.6) is 11.5 Å². The highest BCUT2D eigenvalue weighted by Gasteiger charge is 2.49. The van der Waals surface area contributed by atoms with E-state index in [1.165, 1.54) is 0 Å². The molecule has 2 N–H and O–H groups in total. The Hall–Kier alpha value is -3.21. The van der Waals surface area contributed by atoms with Crippen molar-refractivity contribution in [3.8, 4) is 11.5 Å². The molecule has 2 amide bonds. The van der Waals surface area contributed by atoms with E-state index in [1.807, 2.05) is 0 Å². The lowest BCUT2D eigenvalue weighted by atomic mass is 10.3. The molecule has 17 heteroatoms. The van der Waals surface area contributed by atoms with Gasteiger partial charge in [-0.2, -0.15) is 43.2 Å². The van der Waals surface area contributed by atoms with Gasteiger partial charge in [-0.05, 0) is 48.5 Å². The molecular formula is C15H10F6N2O7S2. The van der Waals surface area contributed by atoms with Crippen molar-refractivity contribution < 1.29 is 56.3 Å². The van der Waals surface area contributed by atoms with Gasteiger partial charge >= 0.3 is 37.3 Å². The van der Waals surface area contributed by atoms with Crippen LogP contribution in [-0.2, 0) is 20.2 Å². The van der Waals surface area contributed by atoms with Crippen molar-refractivity contribution in [2.75, 3.05) is 10.6 Å². The molecule has 0 saturated heterocycles. The summed E-state index contributed by atoms with van der Waals surface area (Å²) in [5.74, 6) is -1.34. The van der Waals surface area contributed by atoms with Crippen LogP contribution in [0.1, 0.15) is 0 Å². The second kappa shape index (κ2) is 8.73. The van der Waals surface area contributed by atoms with E-state index in [4.69, 9.17) is 0 Å². The van der Waals surface area contributed by atoms with Crippen molar-refractivity contribution in [3.05, 3.63) is 48.5 Å². The number of anilines is 2. The monoisotopic (exact) mass is 508 g/mol. The summed E-state index contributed by atoms with van der Waals surface area (Å²) in [6, 6.07) is 6.56. The molecule has 0 fully saturated rings. The zero-order chi connectivity index (χ0) is 24.4. The highest BCUT2D eigenvalue weighted by molar-refractivity contribution is 7.88. The van der Waals surface area contributed by atoms with Crippen molar-refractivity contribution in [2.24, 2.45) is 0 Å². The topological polar surface area (TPSA) is 128 Å². The zero-order valence-electron chi connectivity index (χ0n) is 15.1. The van der Waals surface area contributed by atoms with Crippen LogP contribution in [0.25, 0.3) is 0 Å². The molecule has 0 unspecified atom stereocenters. The van der Waals surface area contributed by atoms with Crippen molar-refractivity contribution in [1.82, 2.24) is 0 Å². The number of hydrogen-bond donors (Lipinski definition) is 2. The number of alkyl halides is 6. The molecule has 0 heterocycles. The molecule has 2 aromatic carbocycles. The van der Waals surface area contributed by atoms with E-state index in [0.29, 0.717) is 0 Å². The number of rotatable bonds is 6. The molecule has 176 valence electrons. The Morgan fingerprint density at radius 3 is 1.16 bits per heavy atom. The largest absolute Gasteiger partial charge is 0.534 e. The van der Waals surface area contributed by atoms with Crippen molar-refractivity contribution in [2.45, 2.75) is 11.0 Å².